The highest BCUT2D eigenvalue weighted by Gasteiger charge is 2.30. The maximum absolute atomic E-state index is 12.6. The summed E-state index contributed by atoms with van der Waals surface area (Å²) < 4.78 is 26.4. The van der Waals surface area contributed by atoms with E-state index < -0.39 is 10.0 Å². The Balaban J connectivity index is 1.58. The topological polar surface area (TPSA) is 57.7 Å². The Morgan fingerprint density at radius 2 is 2.04 bits per heavy atom. The van der Waals surface area contributed by atoms with E-state index >= 15 is 0 Å². The highest BCUT2D eigenvalue weighted by atomic mass is 32.2. The van der Waals surface area contributed by atoms with Gasteiger partial charge >= 0.3 is 0 Å². The summed E-state index contributed by atoms with van der Waals surface area (Å²) in [6.07, 6.45) is 1.71. The van der Waals surface area contributed by atoms with Crippen molar-refractivity contribution in [3.05, 3.63) is 47.3 Å². The minimum atomic E-state index is -3.45. The summed E-state index contributed by atoms with van der Waals surface area (Å²) in [6, 6.07) is 11.4. The molecule has 0 fully saturated rings. The third kappa shape index (κ3) is 3.63. The Bertz CT molecular complexity index is 847. The molecule has 0 aliphatic carbocycles. The number of carbonyl (C=O) groups excluding carboxylic acids is 1. The van der Waals surface area contributed by atoms with Gasteiger partial charge in [-0.1, -0.05) is 24.3 Å². The molecule has 1 aliphatic heterocycles. The minimum absolute atomic E-state index is 0.0550. The first kappa shape index (κ1) is 18.1. The van der Waals surface area contributed by atoms with Gasteiger partial charge in [-0.2, -0.15) is 0 Å². The van der Waals surface area contributed by atoms with Crippen molar-refractivity contribution in [1.29, 1.82) is 0 Å². The van der Waals surface area contributed by atoms with Gasteiger partial charge in [0.1, 0.15) is 4.21 Å². The number of hydrogen-bond acceptors (Lipinski definition) is 4. The number of anilines is 1. The molecule has 0 saturated carbocycles. The maximum Gasteiger partial charge on any atom is 0.252 e. The highest BCUT2D eigenvalue weighted by Crippen LogP contribution is 2.32. The number of sulfonamides is 1. The van der Waals surface area contributed by atoms with Crippen molar-refractivity contribution in [2.75, 3.05) is 18.5 Å². The molecule has 7 heteroatoms. The molecule has 3 rings (SSSR count). The van der Waals surface area contributed by atoms with Crippen LogP contribution in [-0.4, -0.2) is 38.3 Å². The number of fused-ring (bicyclic) bond motifs is 1. The zero-order chi connectivity index (χ0) is 18.0. The van der Waals surface area contributed by atoms with Crippen molar-refractivity contribution < 1.29 is 13.2 Å². The monoisotopic (exact) mass is 378 g/mol. The number of benzene rings is 1. The Morgan fingerprint density at radius 3 is 2.76 bits per heavy atom. The van der Waals surface area contributed by atoms with Crippen molar-refractivity contribution in [2.45, 2.75) is 36.4 Å². The smallest absolute Gasteiger partial charge is 0.252 e. The number of rotatable bonds is 6. The van der Waals surface area contributed by atoms with Crippen LogP contribution >= 0.6 is 11.3 Å². The number of carbonyl (C=O) groups is 1. The molecule has 5 nitrogen and oxygen atoms in total. The lowest BCUT2D eigenvalue weighted by atomic mass is 10.1. The maximum atomic E-state index is 12.6. The van der Waals surface area contributed by atoms with E-state index in [1.807, 2.05) is 30.0 Å². The highest BCUT2D eigenvalue weighted by molar-refractivity contribution is 7.91. The van der Waals surface area contributed by atoms with Crippen LogP contribution < -0.4 is 4.90 Å². The largest absolute Gasteiger partial charge is 0.309 e. The van der Waals surface area contributed by atoms with Crippen LogP contribution in [0.3, 0.4) is 0 Å². The Morgan fingerprint density at radius 1 is 1.28 bits per heavy atom. The molecule has 2 heterocycles. The SMILES string of the molecule is CC1Cc2ccccc2N1C(=O)CCCN(C)S(=O)(=O)c1cccs1. The molecule has 1 aliphatic rings. The van der Waals surface area contributed by atoms with Gasteiger partial charge in [0.05, 0.1) is 0 Å². The van der Waals surface area contributed by atoms with E-state index in [1.165, 1.54) is 21.2 Å². The van der Waals surface area contributed by atoms with Crippen molar-refractivity contribution in [1.82, 2.24) is 4.31 Å². The number of hydrogen-bond donors (Lipinski definition) is 0. The molecule has 0 saturated heterocycles. The number of nitrogens with zero attached hydrogens (tertiary/aromatic N) is 2. The fraction of sp³-hybridized carbons (Fsp3) is 0.389. The van der Waals surface area contributed by atoms with Gasteiger partial charge in [-0.15, -0.1) is 11.3 Å². The third-order valence-corrected chi connectivity index (χ3v) is 7.73. The minimum Gasteiger partial charge on any atom is -0.309 e. The molecule has 2 aromatic rings. The number of para-hydroxylation sites is 1. The summed E-state index contributed by atoms with van der Waals surface area (Å²) >= 11 is 1.21. The average Bonchev–Trinajstić information content (AvgIpc) is 3.21. The van der Waals surface area contributed by atoms with Gasteiger partial charge in [-0.25, -0.2) is 12.7 Å². The van der Waals surface area contributed by atoms with E-state index in [2.05, 4.69) is 6.07 Å². The normalized spacial score (nSPS) is 17.1. The van der Waals surface area contributed by atoms with Crippen LogP contribution in [0.2, 0.25) is 0 Å². The zero-order valence-corrected chi connectivity index (χ0v) is 16.0. The molecular formula is C18H22N2O3S2. The van der Waals surface area contributed by atoms with Gasteiger partial charge in [-0.3, -0.25) is 4.79 Å². The zero-order valence-electron chi connectivity index (χ0n) is 14.4. The second-order valence-electron chi connectivity index (χ2n) is 6.31. The summed E-state index contributed by atoms with van der Waals surface area (Å²) in [5.74, 6) is 0.0550. The first-order valence-electron chi connectivity index (χ1n) is 8.31. The van der Waals surface area contributed by atoms with Crippen LogP contribution in [0.25, 0.3) is 0 Å². The molecule has 0 N–H and O–H groups in total. The number of thiophene rings is 1. The van der Waals surface area contributed by atoms with Crippen LogP contribution in [0.1, 0.15) is 25.3 Å². The van der Waals surface area contributed by atoms with Gasteiger partial charge in [0.15, 0.2) is 0 Å². The van der Waals surface area contributed by atoms with Crippen LogP contribution in [0, 0.1) is 0 Å². The molecule has 0 bridgehead atoms. The van der Waals surface area contributed by atoms with Crippen LogP contribution in [0.5, 0.6) is 0 Å². The van der Waals surface area contributed by atoms with Crippen LogP contribution in [0.4, 0.5) is 5.69 Å². The second kappa shape index (κ2) is 7.27. The van der Waals surface area contributed by atoms with Gasteiger partial charge < -0.3 is 4.90 Å². The molecule has 1 aromatic heterocycles. The fourth-order valence-electron chi connectivity index (χ4n) is 3.20. The van der Waals surface area contributed by atoms with E-state index in [4.69, 9.17) is 0 Å². The van der Waals surface area contributed by atoms with Gasteiger partial charge in [0, 0.05) is 31.7 Å². The molecule has 1 amide bonds. The molecular weight excluding hydrogens is 356 g/mol. The molecule has 1 aromatic carbocycles. The van der Waals surface area contributed by atoms with E-state index in [-0.39, 0.29) is 11.9 Å². The van der Waals surface area contributed by atoms with E-state index in [9.17, 15) is 13.2 Å². The summed E-state index contributed by atoms with van der Waals surface area (Å²) in [6.45, 7) is 2.38. The lowest BCUT2D eigenvalue weighted by Gasteiger charge is -2.23. The standard InChI is InChI=1S/C18H22N2O3S2/c1-14-13-15-7-3-4-8-16(15)20(14)17(21)9-5-11-19(2)25(22,23)18-10-6-12-24-18/h3-4,6-8,10,12,14H,5,9,11,13H2,1-2H3. The second-order valence-corrected chi connectivity index (χ2v) is 9.53. The van der Waals surface area contributed by atoms with E-state index in [0.717, 1.165) is 12.1 Å². The fourth-order valence-corrected chi connectivity index (χ4v) is 5.61. The van der Waals surface area contributed by atoms with Crippen LogP contribution in [-0.2, 0) is 21.2 Å². The van der Waals surface area contributed by atoms with Crippen molar-refractivity contribution in [2.24, 2.45) is 0 Å². The summed E-state index contributed by atoms with van der Waals surface area (Å²) in [4.78, 5) is 14.5. The lowest BCUT2D eigenvalue weighted by Crippen LogP contribution is -2.36. The summed E-state index contributed by atoms with van der Waals surface area (Å²) in [5.41, 5.74) is 2.18. The average molecular weight is 379 g/mol. The Labute approximate surface area is 152 Å². The number of amides is 1. The molecule has 25 heavy (non-hydrogen) atoms. The van der Waals surface area contributed by atoms with Crippen molar-refractivity contribution >= 4 is 33.0 Å². The lowest BCUT2D eigenvalue weighted by molar-refractivity contribution is -0.119. The molecule has 0 spiro atoms. The van der Waals surface area contributed by atoms with Crippen LogP contribution in [0.15, 0.2) is 46.0 Å². The van der Waals surface area contributed by atoms with Gasteiger partial charge in [0.2, 0.25) is 5.91 Å². The quantitative estimate of drug-likeness (QED) is 0.776. The predicted molar refractivity (Wildman–Crippen MR) is 100 cm³/mol. The van der Waals surface area contributed by atoms with E-state index in [1.54, 1.807) is 24.6 Å². The first-order valence-corrected chi connectivity index (χ1v) is 10.6. The molecule has 0 radical (unpaired) electrons. The van der Waals surface area contributed by atoms with Gasteiger partial charge in [0.25, 0.3) is 10.0 Å². The summed E-state index contributed by atoms with van der Waals surface area (Å²) in [7, 11) is -1.88. The predicted octanol–water partition coefficient (Wildman–Crippen LogP) is 3.13. The van der Waals surface area contributed by atoms with E-state index in [0.29, 0.717) is 23.6 Å². The van der Waals surface area contributed by atoms with Crippen molar-refractivity contribution in [3.63, 3.8) is 0 Å². The molecule has 1 atom stereocenters. The van der Waals surface area contributed by atoms with Crippen molar-refractivity contribution in [3.8, 4) is 0 Å². The molecule has 1 unspecified atom stereocenters. The van der Waals surface area contributed by atoms with Gasteiger partial charge in [-0.05, 0) is 42.8 Å². The Hall–Kier alpha value is -1.70. The first-order chi connectivity index (χ1) is 11.9. The molecule has 134 valence electrons. The Kier molecular flexibility index (Phi) is 5.27. The third-order valence-electron chi connectivity index (χ3n) is 4.50. The summed E-state index contributed by atoms with van der Waals surface area (Å²) in [5, 5.41) is 1.75.